The van der Waals surface area contributed by atoms with E-state index in [1.165, 1.54) is 12.7 Å². The summed E-state index contributed by atoms with van der Waals surface area (Å²) in [6, 6.07) is 11.1. The van der Waals surface area contributed by atoms with Crippen molar-refractivity contribution >= 4 is 39.3 Å². The molecule has 6 rings (SSSR count). The minimum atomic E-state index is -3.99. The lowest BCUT2D eigenvalue weighted by Crippen LogP contribution is -2.59. The number of halogens is 1. The summed E-state index contributed by atoms with van der Waals surface area (Å²) >= 11 is 6.39. The lowest BCUT2D eigenvalue weighted by molar-refractivity contribution is -0.0948. The fourth-order valence-electron chi connectivity index (χ4n) is 8.20. The number of rotatable bonds is 3. The van der Waals surface area contributed by atoms with Gasteiger partial charge in [0.1, 0.15) is 18.0 Å². The van der Waals surface area contributed by atoms with Gasteiger partial charge in [0.25, 0.3) is 5.91 Å². The Bertz CT molecular complexity index is 1750. The number of allylic oxidation sites excluding steroid dienone is 1. The van der Waals surface area contributed by atoms with Crippen molar-refractivity contribution in [2.75, 3.05) is 64.9 Å². The average Bonchev–Trinajstić information content (AvgIpc) is 3.15. The Morgan fingerprint density at radius 1 is 1.02 bits per heavy atom. The Hall–Kier alpha value is -3.32. The molecule has 0 radical (unpaired) electrons. The number of hydrogen-bond donors (Lipinski definition) is 1. The van der Waals surface area contributed by atoms with E-state index in [0.29, 0.717) is 56.5 Å². The summed E-state index contributed by atoms with van der Waals surface area (Å²) < 4.78 is 47.5. The second-order valence-corrected chi connectivity index (χ2v) is 17.4. The van der Waals surface area contributed by atoms with Gasteiger partial charge in [-0.25, -0.2) is 17.9 Å². The van der Waals surface area contributed by atoms with E-state index >= 15 is 0 Å². The third kappa shape index (κ3) is 8.40. The Balaban J connectivity index is 1.37. The van der Waals surface area contributed by atoms with Crippen LogP contribution >= 0.6 is 11.6 Å². The van der Waals surface area contributed by atoms with Crippen molar-refractivity contribution in [3.63, 3.8) is 0 Å². The number of ether oxygens (including phenoxy) is 3. The number of fused-ring (bicyclic) bond motifs is 3. The van der Waals surface area contributed by atoms with Crippen molar-refractivity contribution in [2.24, 2.45) is 17.8 Å². The molecule has 3 aliphatic heterocycles. The molecule has 1 saturated carbocycles. The third-order valence-electron chi connectivity index (χ3n) is 11.8. The summed E-state index contributed by atoms with van der Waals surface area (Å²) in [5.41, 5.74) is 2.66. The minimum Gasteiger partial charge on any atom is -0.487 e. The molecule has 2 amide bonds. The van der Waals surface area contributed by atoms with Crippen LogP contribution in [0, 0.1) is 17.8 Å². The fourth-order valence-corrected chi connectivity index (χ4v) is 9.68. The van der Waals surface area contributed by atoms with Gasteiger partial charge < -0.3 is 24.0 Å². The number of anilines is 1. The predicted octanol–water partition coefficient (Wildman–Crippen LogP) is 5.90. The van der Waals surface area contributed by atoms with Crippen LogP contribution in [-0.2, 0) is 32.5 Å². The molecule has 1 N–H and O–H groups in total. The molecule has 0 unspecified atom stereocenters. The zero-order chi connectivity index (χ0) is 37.0. The molecular weight excluding hydrogens is 704 g/mol. The topological polar surface area (TPSA) is 118 Å². The second-order valence-electron chi connectivity index (χ2n) is 14.9. The molecule has 52 heavy (non-hydrogen) atoms. The van der Waals surface area contributed by atoms with E-state index in [-0.39, 0.29) is 29.4 Å². The Morgan fingerprint density at radius 3 is 2.52 bits per heavy atom. The van der Waals surface area contributed by atoms with Gasteiger partial charge in [-0.15, -0.1) is 0 Å². The smallest absolute Gasteiger partial charge is 0.409 e. The number of carbonyl (C=O) groups excluding carboxylic acids is 2. The zero-order valence-corrected chi connectivity index (χ0v) is 32.4. The average molecular weight is 757 g/mol. The predicted molar refractivity (Wildman–Crippen MR) is 203 cm³/mol. The summed E-state index contributed by atoms with van der Waals surface area (Å²) in [7, 11) is -0.798. The Labute approximate surface area is 313 Å². The standard InChI is InChI=1S/C39H53ClN4O7S/c1-27-8-7-16-39(50-4,26-42-18-20-43(21-19-42)38(46)49-3)34-14-11-31(34)24-44-17-6-5-9-29-22-33(40)13-10-32(29)25-51-36-15-12-30(23-35(36)44)37(45)41-52(47,48)28(27)2/h7,10,12-13,15-16,22-23,27-28,31,34H,5-6,8-9,11,14,17-21,24-26H2,1-4H3,(H,41,45)/b16-7+/t27-,28+,31-,34+,39+/m0/s1. The first-order chi connectivity index (χ1) is 24.9. The number of hydrogen-bond acceptors (Lipinski definition) is 9. The van der Waals surface area contributed by atoms with E-state index in [1.807, 2.05) is 25.1 Å². The van der Waals surface area contributed by atoms with Gasteiger partial charge in [0.2, 0.25) is 10.0 Å². The molecule has 4 aliphatic rings. The van der Waals surface area contributed by atoms with Crippen LogP contribution in [0.4, 0.5) is 10.5 Å². The monoisotopic (exact) mass is 756 g/mol. The number of carbonyl (C=O) groups is 2. The van der Waals surface area contributed by atoms with E-state index in [4.69, 9.17) is 25.8 Å². The minimum absolute atomic E-state index is 0.192. The molecule has 2 bridgehead atoms. The number of benzene rings is 2. The number of aryl methyl sites for hydroxylation is 1. The third-order valence-corrected chi connectivity index (χ3v) is 14.0. The molecule has 1 saturated heterocycles. The van der Waals surface area contributed by atoms with Crippen molar-refractivity contribution in [2.45, 2.75) is 69.8 Å². The van der Waals surface area contributed by atoms with Gasteiger partial charge in [0.05, 0.1) is 18.0 Å². The maximum atomic E-state index is 13.6. The molecule has 5 atom stereocenters. The first kappa shape index (κ1) is 38.4. The lowest BCUT2D eigenvalue weighted by Gasteiger charge is -2.52. The maximum absolute atomic E-state index is 13.6. The van der Waals surface area contributed by atoms with Crippen LogP contribution < -0.4 is 14.4 Å². The highest BCUT2D eigenvalue weighted by atomic mass is 35.5. The molecule has 2 fully saturated rings. The van der Waals surface area contributed by atoms with Gasteiger partial charge in [-0.1, -0.05) is 36.7 Å². The van der Waals surface area contributed by atoms with Crippen LogP contribution in [0.2, 0.25) is 5.02 Å². The first-order valence-corrected chi connectivity index (χ1v) is 20.5. The van der Waals surface area contributed by atoms with E-state index in [9.17, 15) is 18.0 Å². The number of amides is 2. The lowest BCUT2D eigenvalue weighted by atomic mass is 9.63. The Morgan fingerprint density at radius 2 is 1.81 bits per heavy atom. The molecule has 13 heteroatoms. The highest BCUT2D eigenvalue weighted by molar-refractivity contribution is 7.90. The zero-order valence-electron chi connectivity index (χ0n) is 30.8. The van der Waals surface area contributed by atoms with E-state index < -0.39 is 26.8 Å². The summed E-state index contributed by atoms with van der Waals surface area (Å²) in [5, 5.41) is -0.117. The van der Waals surface area contributed by atoms with E-state index in [2.05, 4.69) is 26.7 Å². The second kappa shape index (κ2) is 16.4. The van der Waals surface area contributed by atoms with Crippen LogP contribution in [0.1, 0.15) is 67.4 Å². The molecule has 2 aromatic rings. The molecule has 0 aromatic heterocycles. The van der Waals surface area contributed by atoms with Gasteiger partial charge >= 0.3 is 6.09 Å². The summed E-state index contributed by atoms with van der Waals surface area (Å²) in [5.74, 6) is 0.210. The normalized spacial score (nSPS) is 29.2. The molecule has 3 heterocycles. The van der Waals surface area contributed by atoms with Crippen molar-refractivity contribution in [1.82, 2.24) is 14.5 Å². The van der Waals surface area contributed by atoms with Crippen molar-refractivity contribution in [3.8, 4) is 5.75 Å². The summed E-state index contributed by atoms with van der Waals surface area (Å²) in [6.45, 7) is 8.55. The van der Waals surface area contributed by atoms with Crippen molar-refractivity contribution < 1.29 is 32.2 Å². The van der Waals surface area contributed by atoms with E-state index in [0.717, 1.165) is 56.4 Å². The summed E-state index contributed by atoms with van der Waals surface area (Å²) in [6.07, 6.45) is 9.18. The SMILES string of the molecule is COC(=O)N1CCN(C[C@]2(OC)/C=C/C[C@H](C)[C@@H](C)S(=O)(=O)NC(=O)c3ccc4c(c3)N(CCCCc3cc(Cl)ccc3CO4)C[C@@H]3CC[C@H]32)CC1. The maximum Gasteiger partial charge on any atom is 0.409 e. The Kier molecular flexibility index (Phi) is 12.1. The van der Waals surface area contributed by atoms with Crippen molar-refractivity contribution in [1.29, 1.82) is 0 Å². The number of piperazine rings is 1. The molecule has 1 aliphatic carbocycles. The van der Waals surface area contributed by atoms with Crippen LogP contribution in [0.25, 0.3) is 0 Å². The number of nitrogens with zero attached hydrogens (tertiary/aromatic N) is 3. The van der Waals surface area contributed by atoms with Gasteiger partial charge in [0, 0.05) is 63.5 Å². The number of methoxy groups -OCH3 is 2. The molecular formula is C39H53ClN4O7S. The number of sulfonamides is 1. The first-order valence-electron chi connectivity index (χ1n) is 18.6. The highest BCUT2D eigenvalue weighted by Gasteiger charge is 2.48. The van der Waals surface area contributed by atoms with Crippen LogP contribution in [0.3, 0.4) is 0 Å². The highest BCUT2D eigenvalue weighted by Crippen LogP contribution is 2.47. The van der Waals surface area contributed by atoms with Gasteiger partial charge in [-0.3, -0.25) is 9.69 Å². The fraction of sp³-hybridized carbons (Fsp3) is 0.590. The van der Waals surface area contributed by atoms with Gasteiger partial charge in [-0.05, 0) is 105 Å². The quantitative estimate of drug-likeness (QED) is 0.382. The van der Waals surface area contributed by atoms with Gasteiger partial charge in [-0.2, -0.15) is 0 Å². The molecule has 2 aromatic carbocycles. The molecule has 0 spiro atoms. The van der Waals surface area contributed by atoms with Gasteiger partial charge in [0.15, 0.2) is 0 Å². The largest absolute Gasteiger partial charge is 0.487 e. The van der Waals surface area contributed by atoms with Crippen LogP contribution in [0.15, 0.2) is 48.6 Å². The summed E-state index contributed by atoms with van der Waals surface area (Å²) in [4.78, 5) is 32.2. The van der Waals surface area contributed by atoms with Crippen LogP contribution in [0.5, 0.6) is 5.75 Å². The molecule has 11 nitrogen and oxygen atoms in total. The van der Waals surface area contributed by atoms with Crippen LogP contribution in [-0.4, -0.2) is 101 Å². The van der Waals surface area contributed by atoms with E-state index in [1.54, 1.807) is 37.1 Å². The number of nitrogens with one attached hydrogen (secondary N) is 1. The molecule has 284 valence electrons. The van der Waals surface area contributed by atoms with Crippen molar-refractivity contribution in [3.05, 3.63) is 70.3 Å².